The normalized spacial score (nSPS) is 18.2. The van der Waals surface area contributed by atoms with E-state index in [0.717, 1.165) is 6.07 Å². The molecular weight excluding hydrogens is 266 g/mol. The van der Waals surface area contributed by atoms with Crippen LogP contribution in [-0.4, -0.2) is 30.4 Å². The Morgan fingerprint density at radius 2 is 2.25 bits per heavy atom. The second kappa shape index (κ2) is 6.34. The number of carbonyl (C=O) groups is 1. The summed E-state index contributed by atoms with van der Waals surface area (Å²) < 4.78 is 26.2. The quantitative estimate of drug-likeness (QED) is 0.464. The van der Waals surface area contributed by atoms with Gasteiger partial charge in [0, 0.05) is 37.0 Å². The van der Waals surface area contributed by atoms with E-state index < -0.39 is 11.6 Å². The van der Waals surface area contributed by atoms with Crippen LogP contribution >= 0.6 is 0 Å². The Morgan fingerprint density at radius 1 is 1.45 bits per heavy atom. The first-order valence-electron chi connectivity index (χ1n) is 6.32. The van der Waals surface area contributed by atoms with E-state index in [0.29, 0.717) is 38.0 Å². The zero-order valence-corrected chi connectivity index (χ0v) is 10.8. The van der Waals surface area contributed by atoms with E-state index in [2.05, 4.69) is 10.0 Å². The fourth-order valence-electron chi connectivity index (χ4n) is 2.32. The van der Waals surface area contributed by atoms with Crippen molar-refractivity contribution >= 4 is 5.91 Å². The Balaban J connectivity index is 1.90. The van der Waals surface area contributed by atoms with Crippen molar-refractivity contribution in [3.63, 3.8) is 0 Å². The highest BCUT2D eigenvalue weighted by Crippen LogP contribution is 2.19. The average Bonchev–Trinajstić information content (AvgIpc) is 2.76. The molecule has 1 fully saturated rings. The van der Waals surface area contributed by atoms with Gasteiger partial charge in [-0.2, -0.15) is 0 Å². The molecule has 0 N–H and O–H groups in total. The minimum atomic E-state index is -0.613. The van der Waals surface area contributed by atoms with Crippen LogP contribution in [0.4, 0.5) is 8.78 Å². The van der Waals surface area contributed by atoms with E-state index in [-0.39, 0.29) is 11.8 Å². The highest BCUT2D eigenvalue weighted by molar-refractivity contribution is 5.78. The van der Waals surface area contributed by atoms with Gasteiger partial charge in [-0.25, -0.2) is 8.78 Å². The molecule has 1 heterocycles. The van der Waals surface area contributed by atoms with Crippen molar-refractivity contribution in [2.45, 2.75) is 12.8 Å². The van der Waals surface area contributed by atoms with Gasteiger partial charge in [0.25, 0.3) is 0 Å². The fourth-order valence-corrected chi connectivity index (χ4v) is 2.32. The molecule has 0 spiro atoms. The van der Waals surface area contributed by atoms with E-state index in [1.54, 1.807) is 4.90 Å². The number of nitrogens with zero attached hydrogens (tertiary/aromatic N) is 4. The first-order chi connectivity index (χ1) is 9.60. The number of carbonyl (C=O) groups excluding carboxylic acids is 1. The summed E-state index contributed by atoms with van der Waals surface area (Å²) in [4.78, 5) is 16.0. The highest BCUT2D eigenvalue weighted by atomic mass is 19.1. The highest BCUT2D eigenvalue weighted by Gasteiger charge is 2.28. The van der Waals surface area contributed by atoms with Crippen molar-refractivity contribution in [2.24, 2.45) is 11.0 Å². The first-order valence-corrected chi connectivity index (χ1v) is 6.32. The molecule has 0 aliphatic carbocycles. The third kappa shape index (κ3) is 3.45. The lowest BCUT2D eigenvalue weighted by Crippen LogP contribution is -2.28. The molecule has 20 heavy (non-hydrogen) atoms. The molecule has 0 bridgehead atoms. The fraction of sp³-hybridized carbons (Fsp3) is 0.462. The summed E-state index contributed by atoms with van der Waals surface area (Å²) in [5.74, 6) is -1.21. The van der Waals surface area contributed by atoms with E-state index in [9.17, 15) is 13.6 Å². The Labute approximate surface area is 114 Å². The largest absolute Gasteiger partial charge is 0.342 e. The summed E-state index contributed by atoms with van der Waals surface area (Å²) in [7, 11) is 0. The summed E-state index contributed by atoms with van der Waals surface area (Å²) in [6.07, 6.45) is 0.691. The van der Waals surface area contributed by atoms with Crippen LogP contribution in [0.1, 0.15) is 12.0 Å². The monoisotopic (exact) mass is 280 g/mol. The molecule has 1 saturated heterocycles. The Kier molecular flexibility index (Phi) is 4.53. The Hall–Kier alpha value is -2.14. The molecule has 7 heteroatoms. The SMILES string of the molecule is [N-]=[N+]=NCC1CC(=O)N(CCc2ccc(F)cc2F)C1. The predicted molar refractivity (Wildman–Crippen MR) is 68.8 cm³/mol. The lowest BCUT2D eigenvalue weighted by Gasteiger charge is -2.16. The lowest BCUT2D eigenvalue weighted by atomic mass is 10.1. The Morgan fingerprint density at radius 3 is 2.95 bits per heavy atom. The predicted octanol–water partition coefficient (Wildman–Crippen LogP) is 2.67. The van der Waals surface area contributed by atoms with E-state index in [1.165, 1.54) is 12.1 Å². The van der Waals surface area contributed by atoms with Crippen molar-refractivity contribution in [1.29, 1.82) is 0 Å². The van der Waals surface area contributed by atoms with E-state index >= 15 is 0 Å². The van der Waals surface area contributed by atoms with Crippen LogP contribution in [0.3, 0.4) is 0 Å². The van der Waals surface area contributed by atoms with Gasteiger partial charge in [0.15, 0.2) is 0 Å². The maximum absolute atomic E-state index is 13.5. The average molecular weight is 280 g/mol. The molecule has 0 radical (unpaired) electrons. The molecule has 0 aromatic heterocycles. The van der Waals surface area contributed by atoms with Gasteiger partial charge in [0.05, 0.1) is 0 Å². The van der Waals surface area contributed by atoms with Crippen LogP contribution in [0.25, 0.3) is 10.4 Å². The lowest BCUT2D eigenvalue weighted by molar-refractivity contribution is -0.127. The first kappa shape index (κ1) is 14.3. The molecule has 1 aromatic carbocycles. The summed E-state index contributed by atoms with van der Waals surface area (Å²) in [6.45, 7) is 1.19. The van der Waals surface area contributed by atoms with Crippen molar-refractivity contribution in [1.82, 2.24) is 4.90 Å². The van der Waals surface area contributed by atoms with Gasteiger partial charge in [-0.1, -0.05) is 11.2 Å². The number of halogens is 2. The number of hydrogen-bond donors (Lipinski definition) is 0. The van der Waals surface area contributed by atoms with Crippen LogP contribution in [0.2, 0.25) is 0 Å². The number of hydrogen-bond acceptors (Lipinski definition) is 2. The number of rotatable bonds is 5. The summed E-state index contributed by atoms with van der Waals surface area (Å²) in [5, 5.41) is 3.46. The van der Waals surface area contributed by atoms with Crippen molar-refractivity contribution < 1.29 is 13.6 Å². The number of benzene rings is 1. The van der Waals surface area contributed by atoms with Crippen LogP contribution in [0, 0.1) is 17.6 Å². The zero-order valence-electron chi connectivity index (χ0n) is 10.8. The van der Waals surface area contributed by atoms with Crippen LogP contribution in [0.5, 0.6) is 0 Å². The minimum Gasteiger partial charge on any atom is -0.342 e. The molecule has 1 aromatic rings. The van der Waals surface area contributed by atoms with Gasteiger partial charge in [-0.3, -0.25) is 4.79 Å². The van der Waals surface area contributed by atoms with Gasteiger partial charge < -0.3 is 4.90 Å². The summed E-state index contributed by atoms with van der Waals surface area (Å²) in [5.41, 5.74) is 8.64. The molecule has 1 atom stereocenters. The minimum absolute atomic E-state index is 0.0225. The van der Waals surface area contributed by atoms with Crippen LogP contribution < -0.4 is 0 Å². The molecule has 5 nitrogen and oxygen atoms in total. The summed E-state index contributed by atoms with van der Waals surface area (Å²) >= 11 is 0. The van der Waals surface area contributed by atoms with E-state index in [1.807, 2.05) is 0 Å². The third-order valence-electron chi connectivity index (χ3n) is 3.36. The van der Waals surface area contributed by atoms with Gasteiger partial charge in [-0.05, 0) is 29.5 Å². The smallest absolute Gasteiger partial charge is 0.222 e. The standard InChI is InChI=1S/C13H14F2N4O/c14-11-2-1-10(12(15)6-11)3-4-19-8-9(5-13(19)20)7-17-18-16/h1-2,6,9H,3-5,7-8H2. The second-order valence-electron chi connectivity index (χ2n) is 4.81. The zero-order chi connectivity index (χ0) is 14.5. The van der Waals surface area contributed by atoms with Gasteiger partial charge >= 0.3 is 0 Å². The molecule has 2 rings (SSSR count). The third-order valence-corrected chi connectivity index (χ3v) is 3.36. The number of amides is 1. The molecule has 1 aliphatic rings. The van der Waals surface area contributed by atoms with Crippen molar-refractivity contribution in [2.75, 3.05) is 19.6 Å². The molecular formula is C13H14F2N4O. The topological polar surface area (TPSA) is 69.1 Å². The van der Waals surface area contributed by atoms with Gasteiger partial charge in [-0.15, -0.1) is 0 Å². The molecule has 1 amide bonds. The van der Waals surface area contributed by atoms with Crippen LogP contribution in [-0.2, 0) is 11.2 Å². The van der Waals surface area contributed by atoms with E-state index in [4.69, 9.17) is 5.53 Å². The Bertz CT molecular complexity index is 557. The maximum atomic E-state index is 13.5. The molecule has 1 unspecified atom stereocenters. The molecule has 0 saturated carbocycles. The number of likely N-dealkylation sites (tertiary alicyclic amines) is 1. The second-order valence-corrected chi connectivity index (χ2v) is 4.81. The summed E-state index contributed by atoms with van der Waals surface area (Å²) in [6, 6.07) is 3.43. The van der Waals surface area contributed by atoms with Gasteiger partial charge in [0.1, 0.15) is 11.6 Å². The van der Waals surface area contributed by atoms with Crippen molar-refractivity contribution in [3.05, 3.63) is 45.8 Å². The molecule has 1 aliphatic heterocycles. The number of azide groups is 1. The van der Waals surface area contributed by atoms with Crippen molar-refractivity contribution in [3.8, 4) is 0 Å². The molecule has 106 valence electrons. The van der Waals surface area contributed by atoms with Gasteiger partial charge in [0.2, 0.25) is 5.91 Å². The van der Waals surface area contributed by atoms with Crippen LogP contribution in [0.15, 0.2) is 23.3 Å². The maximum Gasteiger partial charge on any atom is 0.222 e.